The van der Waals surface area contributed by atoms with Crippen LogP contribution in [0.2, 0.25) is 0 Å². The van der Waals surface area contributed by atoms with Crippen molar-refractivity contribution in [3.8, 4) is 0 Å². The summed E-state index contributed by atoms with van der Waals surface area (Å²) in [5.74, 6) is -1.83. The van der Waals surface area contributed by atoms with Crippen LogP contribution in [0.3, 0.4) is 0 Å². The van der Waals surface area contributed by atoms with Crippen LogP contribution in [-0.4, -0.2) is 60.4 Å². The van der Waals surface area contributed by atoms with Gasteiger partial charge in [0.05, 0.1) is 12.6 Å². The molecule has 8 nitrogen and oxygen atoms in total. The number of rotatable bonds is 5. The molecule has 8 heteroatoms. The van der Waals surface area contributed by atoms with E-state index in [1.165, 1.54) is 0 Å². The zero-order chi connectivity index (χ0) is 16.1. The molecular formula is C14H21N3O5. The van der Waals surface area contributed by atoms with Crippen molar-refractivity contribution in [2.45, 2.75) is 44.7 Å². The van der Waals surface area contributed by atoms with Crippen molar-refractivity contribution >= 4 is 23.7 Å². The van der Waals surface area contributed by atoms with Gasteiger partial charge in [-0.3, -0.25) is 24.1 Å². The number of carbonyl (C=O) groups excluding carboxylic acids is 4. The van der Waals surface area contributed by atoms with Crippen LogP contribution in [0, 0.1) is 0 Å². The summed E-state index contributed by atoms with van der Waals surface area (Å²) in [7, 11) is 0. The quantitative estimate of drug-likeness (QED) is 0.495. The van der Waals surface area contributed by atoms with Gasteiger partial charge in [0.1, 0.15) is 12.6 Å². The Labute approximate surface area is 128 Å². The summed E-state index contributed by atoms with van der Waals surface area (Å²) in [6, 6.07) is -1.05. The van der Waals surface area contributed by atoms with E-state index in [0.717, 1.165) is 24.3 Å². The van der Waals surface area contributed by atoms with Gasteiger partial charge in [0.2, 0.25) is 11.8 Å². The largest absolute Gasteiger partial charge is 0.465 e. The minimum absolute atomic E-state index is 0.119. The molecule has 2 fully saturated rings. The first-order valence-electron chi connectivity index (χ1n) is 7.56. The molecule has 2 aliphatic heterocycles. The van der Waals surface area contributed by atoms with Gasteiger partial charge in [-0.25, -0.2) is 0 Å². The lowest BCUT2D eigenvalue weighted by molar-refractivity contribution is -0.158. The molecule has 0 spiro atoms. The van der Waals surface area contributed by atoms with Crippen LogP contribution in [0.25, 0.3) is 0 Å². The molecule has 0 aromatic carbocycles. The molecule has 2 heterocycles. The van der Waals surface area contributed by atoms with Crippen molar-refractivity contribution in [2.24, 2.45) is 0 Å². The first-order valence-corrected chi connectivity index (χ1v) is 7.56. The van der Waals surface area contributed by atoms with Crippen molar-refractivity contribution in [2.75, 3.05) is 19.7 Å². The SMILES string of the molecule is CCOC(=O)CN1C(=O)CC[C@H](NC(=O)[C@@H]2CCCN2)C1=O. The second-order valence-corrected chi connectivity index (χ2v) is 5.37. The number of likely N-dealkylation sites (tertiary alicyclic amines) is 1. The molecule has 2 rings (SSSR count). The highest BCUT2D eigenvalue weighted by atomic mass is 16.5. The maximum Gasteiger partial charge on any atom is 0.326 e. The predicted octanol–water partition coefficient (Wildman–Crippen LogP) is -1.06. The van der Waals surface area contributed by atoms with E-state index in [1.54, 1.807) is 6.92 Å². The number of imide groups is 1. The Bertz CT molecular complexity index is 473. The number of amides is 3. The van der Waals surface area contributed by atoms with Crippen molar-refractivity contribution in [1.82, 2.24) is 15.5 Å². The van der Waals surface area contributed by atoms with Gasteiger partial charge in [-0.2, -0.15) is 0 Å². The first kappa shape index (κ1) is 16.4. The molecule has 3 amide bonds. The van der Waals surface area contributed by atoms with Gasteiger partial charge in [0, 0.05) is 6.42 Å². The first-order chi connectivity index (χ1) is 10.5. The molecule has 2 N–H and O–H groups in total. The molecule has 0 saturated carbocycles. The molecule has 2 aliphatic rings. The lowest BCUT2D eigenvalue weighted by atomic mass is 10.0. The molecule has 22 heavy (non-hydrogen) atoms. The summed E-state index contributed by atoms with van der Waals surface area (Å²) in [5, 5.41) is 5.72. The smallest absolute Gasteiger partial charge is 0.326 e. The van der Waals surface area contributed by atoms with Crippen molar-refractivity contribution < 1.29 is 23.9 Å². The number of nitrogens with one attached hydrogen (secondary N) is 2. The number of esters is 1. The molecular weight excluding hydrogens is 290 g/mol. The fourth-order valence-electron chi connectivity index (χ4n) is 2.65. The zero-order valence-electron chi connectivity index (χ0n) is 12.6. The average Bonchev–Trinajstić information content (AvgIpc) is 3.01. The number of nitrogens with zero attached hydrogens (tertiary/aromatic N) is 1. The average molecular weight is 311 g/mol. The molecule has 2 saturated heterocycles. The van der Waals surface area contributed by atoms with Crippen molar-refractivity contribution in [3.05, 3.63) is 0 Å². The zero-order valence-corrected chi connectivity index (χ0v) is 12.6. The summed E-state index contributed by atoms with van der Waals surface area (Å²) in [5.41, 5.74) is 0. The maximum absolute atomic E-state index is 12.3. The number of carbonyl (C=O) groups is 4. The highest BCUT2D eigenvalue weighted by molar-refractivity contribution is 6.04. The van der Waals surface area contributed by atoms with Crippen LogP contribution in [0.1, 0.15) is 32.6 Å². The second-order valence-electron chi connectivity index (χ2n) is 5.37. The fourth-order valence-corrected chi connectivity index (χ4v) is 2.65. The lowest BCUT2D eigenvalue weighted by Crippen LogP contribution is -2.57. The van der Waals surface area contributed by atoms with Crippen LogP contribution >= 0.6 is 0 Å². The summed E-state index contributed by atoms with van der Waals surface area (Å²) < 4.78 is 4.76. The van der Waals surface area contributed by atoms with Gasteiger partial charge in [-0.05, 0) is 32.7 Å². The Morgan fingerprint density at radius 3 is 2.77 bits per heavy atom. The number of hydrogen-bond donors (Lipinski definition) is 2. The van der Waals surface area contributed by atoms with Gasteiger partial charge in [0.15, 0.2) is 0 Å². The van der Waals surface area contributed by atoms with E-state index >= 15 is 0 Å². The third-order valence-corrected chi connectivity index (χ3v) is 3.80. The Kier molecular flexibility index (Phi) is 5.48. The van der Waals surface area contributed by atoms with Gasteiger partial charge < -0.3 is 15.4 Å². The molecule has 0 unspecified atom stereocenters. The van der Waals surface area contributed by atoms with Crippen LogP contribution in [0.5, 0.6) is 0 Å². The highest BCUT2D eigenvalue weighted by Crippen LogP contribution is 2.14. The molecule has 0 aromatic heterocycles. The third kappa shape index (κ3) is 3.82. The summed E-state index contributed by atoms with van der Waals surface area (Å²) in [6.07, 6.45) is 2.03. The van der Waals surface area contributed by atoms with E-state index < -0.39 is 30.4 Å². The van der Waals surface area contributed by atoms with Crippen molar-refractivity contribution in [3.63, 3.8) is 0 Å². The predicted molar refractivity (Wildman–Crippen MR) is 75.5 cm³/mol. The Morgan fingerprint density at radius 1 is 1.36 bits per heavy atom. The fraction of sp³-hybridized carbons (Fsp3) is 0.714. The maximum atomic E-state index is 12.3. The molecule has 0 aliphatic carbocycles. The van der Waals surface area contributed by atoms with Crippen LogP contribution in [-0.2, 0) is 23.9 Å². The minimum atomic E-state index is -0.762. The lowest BCUT2D eigenvalue weighted by Gasteiger charge is -2.30. The van der Waals surface area contributed by atoms with E-state index in [9.17, 15) is 19.2 Å². The molecule has 0 bridgehead atoms. The Morgan fingerprint density at radius 2 is 2.14 bits per heavy atom. The van der Waals surface area contributed by atoms with Gasteiger partial charge >= 0.3 is 5.97 Å². The van der Waals surface area contributed by atoms with E-state index in [2.05, 4.69) is 10.6 Å². The monoisotopic (exact) mass is 311 g/mol. The Balaban J connectivity index is 1.95. The van der Waals surface area contributed by atoms with Gasteiger partial charge in [-0.1, -0.05) is 0 Å². The second kappa shape index (κ2) is 7.35. The number of piperidine rings is 1. The summed E-state index contributed by atoms with van der Waals surface area (Å²) in [6.45, 7) is 2.21. The standard InChI is InChI=1S/C14H21N3O5/c1-2-22-12(19)8-17-11(18)6-5-10(14(17)21)16-13(20)9-4-3-7-15-9/h9-10,15H,2-8H2,1H3,(H,16,20)/t9-,10-/m0/s1. The van der Waals surface area contributed by atoms with Crippen LogP contribution in [0.15, 0.2) is 0 Å². The topological polar surface area (TPSA) is 105 Å². The van der Waals surface area contributed by atoms with Crippen LogP contribution in [0.4, 0.5) is 0 Å². The highest BCUT2D eigenvalue weighted by Gasteiger charge is 2.37. The van der Waals surface area contributed by atoms with E-state index in [0.29, 0.717) is 0 Å². The molecule has 122 valence electrons. The Hall–Kier alpha value is -1.96. The van der Waals surface area contributed by atoms with Gasteiger partial charge in [-0.15, -0.1) is 0 Å². The van der Waals surface area contributed by atoms with Gasteiger partial charge in [0.25, 0.3) is 5.91 Å². The molecule has 0 radical (unpaired) electrons. The van der Waals surface area contributed by atoms with E-state index in [1.807, 2.05) is 0 Å². The molecule has 2 atom stereocenters. The van der Waals surface area contributed by atoms with Crippen LogP contribution < -0.4 is 10.6 Å². The van der Waals surface area contributed by atoms with E-state index in [4.69, 9.17) is 4.74 Å². The molecule has 0 aromatic rings. The van der Waals surface area contributed by atoms with Crippen molar-refractivity contribution in [1.29, 1.82) is 0 Å². The minimum Gasteiger partial charge on any atom is -0.465 e. The normalized spacial score (nSPS) is 25.2. The number of ether oxygens (including phenoxy) is 1. The summed E-state index contributed by atoms with van der Waals surface area (Å²) in [4.78, 5) is 48.5. The van der Waals surface area contributed by atoms with E-state index in [-0.39, 0.29) is 31.4 Å². The summed E-state index contributed by atoms with van der Waals surface area (Å²) >= 11 is 0. The number of hydrogen-bond acceptors (Lipinski definition) is 6. The third-order valence-electron chi connectivity index (χ3n) is 3.80.